The average molecular weight is 306 g/mol. The lowest BCUT2D eigenvalue weighted by Crippen LogP contribution is -2.49. The molecule has 0 bridgehead atoms. The van der Waals surface area contributed by atoms with Crippen molar-refractivity contribution in [3.63, 3.8) is 0 Å². The van der Waals surface area contributed by atoms with E-state index in [0.717, 1.165) is 17.0 Å². The Labute approximate surface area is 130 Å². The SMILES string of the molecule is Cc1nc(SCC(=O)N[C@@](C)(C#N)C(C)C)nc(C)c1C. The first-order valence-electron chi connectivity index (χ1n) is 6.86. The van der Waals surface area contributed by atoms with Gasteiger partial charge >= 0.3 is 0 Å². The molecule has 1 heterocycles. The molecule has 0 saturated heterocycles. The van der Waals surface area contributed by atoms with E-state index in [1.807, 2.05) is 34.6 Å². The fourth-order valence-corrected chi connectivity index (χ4v) is 2.30. The Morgan fingerprint density at radius 2 is 1.86 bits per heavy atom. The van der Waals surface area contributed by atoms with Crippen LogP contribution in [0.2, 0.25) is 0 Å². The highest BCUT2D eigenvalue weighted by Gasteiger charge is 2.29. The van der Waals surface area contributed by atoms with Gasteiger partial charge in [-0.15, -0.1) is 0 Å². The zero-order chi connectivity index (χ0) is 16.2. The molecule has 0 fully saturated rings. The smallest absolute Gasteiger partial charge is 0.231 e. The maximum absolute atomic E-state index is 12.0. The fourth-order valence-electron chi connectivity index (χ4n) is 1.56. The lowest BCUT2D eigenvalue weighted by atomic mass is 9.90. The maximum atomic E-state index is 12.0. The van der Waals surface area contributed by atoms with Crippen LogP contribution >= 0.6 is 11.8 Å². The van der Waals surface area contributed by atoms with Crippen molar-refractivity contribution in [2.75, 3.05) is 5.75 Å². The van der Waals surface area contributed by atoms with E-state index >= 15 is 0 Å². The van der Waals surface area contributed by atoms with Crippen molar-refractivity contribution in [2.45, 2.75) is 52.2 Å². The second-order valence-corrected chi connectivity index (χ2v) is 6.55. The Hall–Kier alpha value is -1.61. The van der Waals surface area contributed by atoms with E-state index in [0.29, 0.717) is 5.16 Å². The maximum Gasteiger partial charge on any atom is 0.231 e. The van der Waals surface area contributed by atoms with Gasteiger partial charge in [-0.2, -0.15) is 5.26 Å². The molecule has 1 aromatic rings. The molecule has 0 aliphatic carbocycles. The van der Waals surface area contributed by atoms with Crippen LogP contribution in [0, 0.1) is 38.0 Å². The second-order valence-electron chi connectivity index (χ2n) is 5.61. The van der Waals surface area contributed by atoms with Gasteiger partial charge in [0, 0.05) is 11.4 Å². The van der Waals surface area contributed by atoms with Crippen LogP contribution < -0.4 is 5.32 Å². The standard InChI is InChI=1S/C15H22N4OS/c1-9(2)15(6,8-16)19-13(20)7-21-14-17-11(4)10(3)12(5)18-14/h9H,7H2,1-6H3,(H,19,20)/t15-/m0/s1. The molecule has 21 heavy (non-hydrogen) atoms. The van der Waals surface area contributed by atoms with Gasteiger partial charge in [-0.25, -0.2) is 9.97 Å². The third-order valence-electron chi connectivity index (χ3n) is 3.73. The molecule has 1 N–H and O–H groups in total. The van der Waals surface area contributed by atoms with Gasteiger partial charge < -0.3 is 5.32 Å². The number of rotatable bonds is 5. The van der Waals surface area contributed by atoms with Crippen molar-refractivity contribution in [3.05, 3.63) is 17.0 Å². The molecule has 114 valence electrons. The normalized spacial score (nSPS) is 13.6. The summed E-state index contributed by atoms with van der Waals surface area (Å²) in [5.74, 6) is 0.0557. The number of amides is 1. The number of nitriles is 1. The highest BCUT2D eigenvalue weighted by Crippen LogP contribution is 2.19. The van der Waals surface area contributed by atoms with E-state index in [9.17, 15) is 10.1 Å². The van der Waals surface area contributed by atoms with Crippen LogP contribution in [0.25, 0.3) is 0 Å². The van der Waals surface area contributed by atoms with Gasteiger partial charge in [0.15, 0.2) is 5.16 Å². The minimum absolute atomic E-state index is 0.0385. The minimum atomic E-state index is -0.850. The summed E-state index contributed by atoms with van der Waals surface area (Å²) in [6.07, 6.45) is 0. The van der Waals surface area contributed by atoms with E-state index in [1.165, 1.54) is 11.8 Å². The number of nitrogens with one attached hydrogen (secondary N) is 1. The van der Waals surface area contributed by atoms with Gasteiger partial charge in [0.25, 0.3) is 0 Å². The van der Waals surface area contributed by atoms with Crippen LogP contribution in [0.3, 0.4) is 0 Å². The van der Waals surface area contributed by atoms with Gasteiger partial charge in [0.2, 0.25) is 5.91 Å². The lowest BCUT2D eigenvalue weighted by molar-refractivity contribution is -0.120. The number of nitrogens with zero attached hydrogens (tertiary/aromatic N) is 3. The summed E-state index contributed by atoms with van der Waals surface area (Å²) in [6, 6.07) is 2.16. The number of aryl methyl sites for hydroxylation is 2. The number of thioether (sulfide) groups is 1. The Balaban J connectivity index is 2.68. The summed E-state index contributed by atoms with van der Waals surface area (Å²) in [4.78, 5) is 20.7. The van der Waals surface area contributed by atoms with Crippen LogP contribution in [-0.4, -0.2) is 27.2 Å². The summed E-state index contributed by atoms with van der Waals surface area (Å²) >= 11 is 1.28. The molecule has 1 aromatic heterocycles. The molecular weight excluding hydrogens is 284 g/mol. The first-order chi connectivity index (χ1) is 9.69. The molecule has 1 amide bonds. The molecule has 0 saturated carbocycles. The topological polar surface area (TPSA) is 78.7 Å². The van der Waals surface area contributed by atoms with E-state index < -0.39 is 5.54 Å². The van der Waals surface area contributed by atoms with Crippen molar-refractivity contribution in [1.82, 2.24) is 15.3 Å². The summed E-state index contributed by atoms with van der Waals surface area (Å²) in [5.41, 5.74) is 2.07. The Morgan fingerprint density at radius 3 is 2.29 bits per heavy atom. The third-order valence-corrected chi connectivity index (χ3v) is 4.58. The van der Waals surface area contributed by atoms with Gasteiger partial charge in [0.1, 0.15) is 5.54 Å². The predicted octanol–water partition coefficient (Wildman–Crippen LogP) is 2.55. The zero-order valence-electron chi connectivity index (χ0n) is 13.4. The Bertz CT molecular complexity index is 557. The summed E-state index contributed by atoms with van der Waals surface area (Å²) in [6.45, 7) is 11.4. The zero-order valence-corrected chi connectivity index (χ0v) is 14.3. The van der Waals surface area contributed by atoms with Crippen molar-refractivity contribution >= 4 is 17.7 Å². The third kappa shape index (κ3) is 4.43. The average Bonchev–Trinajstić information content (AvgIpc) is 2.41. The molecule has 1 atom stereocenters. The predicted molar refractivity (Wildman–Crippen MR) is 84.0 cm³/mol. The van der Waals surface area contributed by atoms with E-state index in [-0.39, 0.29) is 17.6 Å². The highest BCUT2D eigenvalue weighted by atomic mass is 32.2. The van der Waals surface area contributed by atoms with Crippen molar-refractivity contribution < 1.29 is 4.79 Å². The summed E-state index contributed by atoms with van der Waals surface area (Å²) < 4.78 is 0. The van der Waals surface area contributed by atoms with Crippen LogP contribution in [0.15, 0.2) is 5.16 Å². The van der Waals surface area contributed by atoms with Crippen molar-refractivity contribution in [3.8, 4) is 6.07 Å². The quantitative estimate of drug-likeness (QED) is 0.668. The molecule has 0 spiro atoms. The highest BCUT2D eigenvalue weighted by molar-refractivity contribution is 7.99. The fraction of sp³-hybridized carbons (Fsp3) is 0.600. The molecule has 0 radical (unpaired) electrons. The van der Waals surface area contributed by atoms with Crippen LogP contribution in [0.4, 0.5) is 0 Å². The van der Waals surface area contributed by atoms with Gasteiger partial charge in [0.05, 0.1) is 11.8 Å². The van der Waals surface area contributed by atoms with Gasteiger partial charge in [-0.1, -0.05) is 25.6 Å². The molecule has 0 aliphatic rings. The Morgan fingerprint density at radius 1 is 1.33 bits per heavy atom. The molecule has 0 aliphatic heterocycles. The number of hydrogen-bond donors (Lipinski definition) is 1. The first-order valence-corrected chi connectivity index (χ1v) is 7.85. The van der Waals surface area contributed by atoms with Gasteiger partial charge in [-0.3, -0.25) is 4.79 Å². The Kier molecular flexibility index (Phi) is 5.73. The molecule has 0 aromatic carbocycles. The summed E-state index contributed by atoms with van der Waals surface area (Å²) in [7, 11) is 0. The van der Waals surface area contributed by atoms with Crippen molar-refractivity contribution in [2.24, 2.45) is 5.92 Å². The largest absolute Gasteiger partial charge is 0.337 e. The first kappa shape index (κ1) is 17.4. The van der Waals surface area contributed by atoms with Crippen LogP contribution in [0.5, 0.6) is 0 Å². The second kappa shape index (κ2) is 6.90. The lowest BCUT2D eigenvalue weighted by Gasteiger charge is -2.27. The van der Waals surface area contributed by atoms with Crippen LogP contribution in [0.1, 0.15) is 37.7 Å². The molecule has 1 rings (SSSR count). The van der Waals surface area contributed by atoms with E-state index in [4.69, 9.17) is 0 Å². The van der Waals surface area contributed by atoms with Crippen LogP contribution in [-0.2, 0) is 4.79 Å². The number of carbonyl (C=O) groups is 1. The van der Waals surface area contributed by atoms with Gasteiger partial charge in [-0.05, 0) is 39.2 Å². The molecular formula is C15H22N4OS. The number of hydrogen-bond acceptors (Lipinski definition) is 5. The summed E-state index contributed by atoms with van der Waals surface area (Å²) in [5, 5.41) is 12.6. The molecule has 6 heteroatoms. The van der Waals surface area contributed by atoms with Crippen molar-refractivity contribution in [1.29, 1.82) is 5.26 Å². The monoisotopic (exact) mass is 306 g/mol. The van der Waals surface area contributed by atoms with E-state index in [2.05, 4.69) is 21.4 Å². The number of carbonyl (C=O) groups excluding carboxylic acids is 1. The molecule has 0 unspecified atom stereocenters. The molecule has 5 nitrogen and oxygen atoms in total. The van der Waals surface area contributed by atoms with E-state index in [1.54, 1.807) is 6.92 Å². The minimum Gasteiger partial charge on any atom is -0.337 e. The number of aromatic nitrogens is 2.